The lowest BCUT2D eigenvalue weighted by Gasteiger charge is -2.21. The van der Waals surface area contributed by atoms with Crippen LogP contribution >= 0.6 is 0 Å². The molecule has 0 saturated carbocycles. The zero-order chi connectivity index (χ0) is 11.7. The zero-order valence-corrected chi connectivity index (χ0v) is 9.84. The number of hydrogen-bond donors (Lipinski definition) is 2. The quantitative estimate of drug-likeness (QED) is 0.268. The van der Waals surface area contributed by atoms with Crippen molar-refractivity contribution in [3.8, 4) is 0 Å². The van der Waals surface area contributed by atoms with Gasteiger partial charge in [0.1, 0.15) is 0 Å². The summed E-state index contributed by atoms with van der Waals surface area (Å²) in [7, 11) is 0. The SMILES string of the molecule is CCCOCCOCC(C)(C)C(=O)NN. The lowest BCUT2D eigenvalue weighted by Crippen LogP contribution is -2.43. The van der Waals surface area contributed by atoms with E-state index in [1.54, 1.807) is 13.8 Å². The maximum absolute atomic E-state index is 11.3. The van der Waals surface area contributed by atoms with Gasteiger partial charge in [-0.05, 0) is 20.3 Å². The first-order valence-electron chi connectivity index (χ1n) is 5.21. The summed E-state index contributed by atoms with van der Waals surface area (Å²) in [6, 6.07) is 0. The minimum absolute atomic E-state index is 0.225. The number of nitrogens with two attached hydrogens (primary N) is 1. The molecule has 5 heteroatoms. The number of nitrogens with one attached hydrogen (secondary N) is 1. The number of carbonyl (C=O) groups is 1. The third-order valence-corrected chi connectivity index (χ3v) is 1.93. The van der Waals surface area contributed by atoms with Crippen LogP contribution in [0.2, 0.25) is 0 Å². The molecular formula is C10H22N2O3. The summed E-state index contributed by atoms with van der Waals surface area (Å²) >= 11 is 0. The molecule has 0 aromatic rings. The summed E-state index contributed by atoms with van der Waals surface area (Å²) in [6.45, 7) is 7.76. The minimum atomic E-state index is -0.598. The van der Waals surface area contributed by atoms with Crippen LogP contribution in [0, 0.1) is 5.41 Å². The Kier molecular flexibility index (Phi) is 7.29. The molecule has 1 amide bonds. The van der Waals surface area contributed by atoms with Crippen molar-refractivity contribution in [1.82, 2.24) is 5.43 Å². The number of rotatable bonds is 8. The van der Waals surface area contributed by atoms with E-state index in [1.165, 1.54) is 0 Å². The number of carbonyl (C=O) groups excluding carboxylic acids is 1. The molecule has 3 N–H and O–H groups in total. The van der Waals surface area contributed by atoms with Gasteiger partial charge in [0, 0.05) is 6.61 Å². The summed E-state index contributed by atoms with van der Waals surface area (Å²) in [5.41, 5.74) is 1.52. The predicted octanol–water partition coefficient (Wildman–Crippen LogP) is 0.446. The second-order valence-corrected chi connectivity index (χ2v) is 4.02. The summed E-state index contributed by atoms with van der Waals surface area (Å²) in [4.78, 5) is 11.3. The molecule has 0 rings (SSSR count). The van der Waals surface area contributed by atoms with Gasteiger partial charge < -0.3 is 9.47 Å². The van der Waals surface area contributed by atoms with E-state index in [-0.39, 0.29) is 5.91 Å². The minimum Gasteiger partial charge on any atom is -0.379 e. The van der Waals surface area contributed by atoms with Crippen molar-refractivity contribution in [2.45, 2.75) is 27.2 Å². The number of hydrogen-bond acceptors (Lipinski definition) is 4. The molecule has 0 saturated heterocycles. The maximum atomic E-state index is 11.3. The van der Waals surface area contributed by atoms with Crippen LogP contribution in [0.15, 0.2) is 0 Å². The highest BCUT2D eigenvalue weighted by molar-refractivity contribution is 5.81. The lowest BCUT2D eigenvalue weighted by molar-refractivity contribution is -0.133. The Morgan fingerprint density at radius 2 is 1.87 bits per heavy atom. The van der Waals surface area contributed by atoms with Gasteiger partial charge in [0.25, 0.3) is 0 Å². The molecular weight excluding hydrogens is 196 g/mol. The van der Waals surface area contributed by atoms with Crippen LogP contribution in [0.5, 0.6) is 0 Å². The molecule has 5 nitrogen and oxygen atoms in total. The average Bonchev–Trinajstić information content (AvgIpc) is 2.22. The van der Waals surface area contributed by atoms with Gasteiger partial charge in [-0.3, -0.25) is 10.2 Å². The molecule has 0 atom stereocenters. The Morgan fingerprint density at radius 1 is 1.27 bits per heavy atom. The molecule has 0 aromatic carbocycles. The van der Waals surface area contributed by atoms with Crippen molar-refractivity contribution in [3.63, 3.8) is 0 Å². The number of ether oxygens (including phenoxy) is 2. The van der Waals surface area contributed by atoms with Crippen molar-refractivity contribution in [3.05, 3.63) is 0 Å². The molecule has 90 valence electrons. The molecule has 0 bridgehead atoms. The van der Waals surface area contributed by atoms with E-state index >= 15 is 0 Å². The molecule has 0 aromatic heterocycles. The largest absolute Gasteiger partial charge is 0.379 e. The standard InChI is InChI=1S/C10H22N2O3/c1-4-5-14-6-7-15-8-10(2,3)9(13)12-11/h4-8,11H2,1-3H3,(H,12,13). The van der Waals surface area contributed by atoms with E-state index in [9.17, 15) is 4.79 Å². The van der Waals surface area contributed by atoms with Gasteiger partial charge in [-0.25, -0.2) is 5.84 Å². The van der Waals surface area contributed by atoms with Crippen LogP contribution < -0.4 is 11.3 Å². The van der Waals surface area contributed by atoms with E-state index in [1.807, 2.05) is 0 Å². The van der Waals surface area contributed by atoms with Gasteiger partial charge in [-0.1, -0.05) is 6.92 Å². The van der Waals surface area contributed by atoms with E-state index in [0.717, 1.165) is 13.0 Å². The van der Waals surface area contributed by atoms with Crippen LogP contribution in [-0.4, -0.2) is 32.3 Å². The second kappa shape index (κ2) is 7.62. The highest BCUT2D eigenvalue weighted by Gasteiger charge is 2.26. The van der Waals surface area contributed by atoms with Crippen molar-refractivity contribution < 1.29 is 14.3 Å². The molecule has 0 spiro atoms. The fourth-order valence-corrected chi connectivity index (χ4v) is 0.952. The highest BCUT2D eigenvalue weighted by atomic mass is 16.5. The number of amides is 1. The van der Waals surface area contributed by atoms with E-state index in [0.29, 0.717) is 19.8 Å². The van der Waals surface area contributed by atoms with Crippen LogP contribution in [0.4, 0.5) is 0 Å². The van der Waals surface area contributed by atoms with Gasteiger partial charge in [-0.2, -0.15) is 0 Å². The Labute approximate surface area is 91.3 Å². The molecule has 0 fully saturated rings. The monoisotopic (exact) mass is 218 g/mol. The average molecular weight is 218 g/mol. The number of hydrazine groups is 1. The van der Waals surface area contributed by atoms with Crippen molar-refractivity contribution in [2.24, 2.45) is 11.3 Å². The normalized spacial score (nSPS) is 11.5. The van der Waals surface area contributed by atoms with E-state index in [2.05, 4.69) is 12.3 Å². The second-order valence-electron chi connectivity index (χ2n) is 4.02. The van der Waals surface area contributed by atoms with Crippen molar-refractivity contribution in [1.29, 1.82) is 0 Å². The Morgan fingerprint density at radius 3 is 2.40 bits per heavy atom. The maximum Gasteiger partial charge on any atom is 0.241 e. The lowest BCUT2D eigenvalue weighted by atomic mass is 9.94. The molecule has 15 heavy (non-hydrogen) atoms. The first-order valence-corrected chi connectivity index (χ1v) is 5.21. The first kappa shape index (κ1) is 14.3. The van der Waals surface area contributed by atoms with Crippen LogP contribution in [0.3, 0.4) is 0 Å². The van der Waals surface area contributed by atoms with Crippen molar-refractivity contribution in [2.75, 3.05) is 26.4 Å². The molecule has 0 aliphatic rings. The van der Waals surface area contributed by atoms with Crippen LogP contribution in [-0.2, 0) is 14.3 Å². The summed E-state index contributed by atoms with van der Waals surface area (Å²) in [6.07, 6.45) is 1.00. The first-order chi connectivity index (χ1) is 7.04. The summed E-state index contributed by atoms with van der Waals surface area (Å²) in [5, 5.41) is 0. The molecule has 0 aliphatic heterocycles. The predicted molar refractivity (Wildman–Crippen MR) is 58.0 cm³/mol. The van der Waals surface area contributed by atoms with Crippen LogP contribution in [0.1, 0.15) is 27.2 Å². The summed E-state index contributed by atoms with van der Waals surface area (Å²) in [5.74, 6) is 4.82. The highest BCUT2D eigenvalue weighted by Crippen LogP contribution is 2.14. The molecule has 0 heterocycles. The van der Waals surface area contributed by atoms with Gasteiger partial charge in [-0.15, -0.1) is 0 Å². The fraction of sp³-hybridized carbons (Fsp3) is 0.900. The van der Waals surface area contributed by atoms with Crippen molar-refractivity contribution >= 4 is 5.91 Å². The Bertz CT molecular complexity index is 184. The molecule has 0 radical (unpaired) electrons. The van der Waals surface area contributed by atoms with Gasteiger partial charge in [0.2, 0.25) is 5.91 Å². The molecule has 0 unspecified atom stereocenters. The third kappa shape index (κ3) is 6.43. The smallest absolute Gasteiger partial charge is 0.241 e. The summed E-state index contributed by atoms with van der Waals surface area (Å²) < 4.78 is 10.6. The fourth-order valence-electron chi connectivity index (χ4n) is 0.952. The Balaban J connectivity index is 3.53. The van der Waals surface area contributed by atoms with Gasteiger partial charge in [0.05, 0.1) is 25.2 Å². The third-order valence-electron chi connectivity index (χ3n) is 1.93. The molecule has 0 aliphatic carbocycles. The van der Waals surface area contributed by atoms with Gasteiger partial charge >= 0.3 is 0 Å². The zero-order valence-electron chi connectivity index (χ0n) is 9.84. The van der Waals surface area contributed by atoms with E-state index in [4.69, 9.17) is 15.3 Å². The van der Waals surface area contributed by atoms with Gasteiger partial charge in [0.15, 0.2) is 0 Å². The van der Waals surface area contributed by atoms with E-state index < -0.39 is 5.41 Å². The Hall–Kier alpha value is -0.650. The van der Waals surface area contributed by atoms with Crippen LogP contribution in [0.25, 0.3) is 0 Å². The topological polar surface area (TPSA) is 73.6 Å².